The minimum atomic E-state index is 0.760. The van der Waals surface area contributed by atoms with E-state index < -0.39 is 0 Å². The summed E-state index contributed by atoms with van der Waals surface area (Å²) in [5, 5.41) is 0. The van der Waals surface area contributed by atoms with Gasteiger partial charge in [0.1, 0.15) is 5.75 Å². The number of ether oxygens (including phenoxy) is 1. The van der Waals surface area contributed by atoms with E-state index in [9.17, 15) is 4.79 Å². The zero-order valence-electron chi connectivity index (χ0n) is 9.55. The second-order valence-electron chi connectivity index (χ2n) is 2.79. The summed E-state index contributed by atoms with van der Waals surface area (Å²) < 4.78 is 5.06. The van der Waals surface area contributed by atoms with Crippen molar-refractivity contribution in [2.45, 2.75) is 27.7 Å². The SMILES string of the molecule is CC.COc1cc(C)c(C=O)c(C)c1. The maximum Gasteiger partial charge on any atom is 0.150 e. The van der Waals surface area contributed by atoms with Crippen LogP contribution in [0.4, 0.5) is 0 Å². The Labute approximate surface area is 85.9 Å². The van der Waals surface area contributed by atoms with Crippen LogP contribution >= 0.6 is 0 Å². The zero-order chi connectivity index (χ0) is 11.1. The quantitative estimate of drug-likeness (QED) is 0.676. The fraction of sp³-hybridized carbons (Fsp3) is 0.417. The summed E-state index contributed by atoms with van der Waals surface area (Å²) in [6.07, 6.45) is 0.879. The van der Waals surface area contributed by atoms with Gasteiger partial charge in [0, 0.05) is 5.56 Å². The number of aryl methyl sites for hydroxylation is 2. The predicted molar refractivity (Wildman–Crippen MR) is 59.2 cm³/mol. The van der Waals surface area contributed by atoms with Crippen molar-refractivity contribution in [3.8, 4) is 5.75 Å². The Bertz CT molecular complexity index is 280. The summed E-state index contributed by atoms with van der Waals surface area (Å²) in [7, 11) is 1.62. The molecule has 0 aliphatic rings. The Morgan fingerprint density at radius 2 is 1.57 bits per heavy atom. The van der Waals surface area contributed by atoms with E-state index in [2.05, 4.69) is 0 Å². The molecule has 0 atom stereocenters. The number of hydrogen-bond acceptors (Lipinski definition) is 2. The standard InChI is InChI=1S/C10H12O2.C2H6/c1-7-4-9(12-3)5-8(2)10(7)6-11;1-2/h4-6H,1-3H3;1-2H3. The van der Waals surface area contributed by atoms with E-state index in [1.807, 2.05) is 39.8 Å². The van der Waals surface area contributed by atoms with Gasteiger partial charge in [-0.2, -0.15) is 0 Å². The predicted octanol–water partition coefficient (Wildman–Crippen LogP) is 3.15. The monoisotopic (exact) mass is 194 g/mol. The fourth-order valence-corrected chi connectivity index (χ4v) is 1.24. The molecule has 0 N–H and O–H groups in total. The summed E-state index contributed by atoms with van der Waals surface area (Å²) in [4.78, 5) is 10.6. The lowest BCUT2D eigenvalue weighted by Gasteiger charge is -2.06. The first-order valence-corrected chi connectivity index (χ1v) is 4.79. The summed E-state index contributed by atoms with van der Waals surface area (Å²) in [5.74, 6) is 0.801. The third-order valence-corrected chi connectivity index (χ3v) is 1.92. The summed E-state index contributed by atoms with van der Waals surface area (Å²) in [5.41, 5.74) is 2.68. The highest BCUT2D eigenvalue weighted by molar-refractivity contribution is 5.79. The summed E-state index contributed by atoms with van der Waals surface area (Å²) >= 11 is 0. The van der Waals surface area contributed by atoms with E-state index in [-0.39, 0.29) is 0 Å². The van der Waals surface area contributed by atoms with Gasteiger partial charge in [0.15, 0.2) is 6.29 Å². The molecule has 0 spiro atoms. The van der Waals surface area contributed by atoms with Crippen LogP contribution in [0.2, 0.25) is 0 Å². The molecule has 1 rings (SSSR count). The molecule has 2 heteroatoms. The molecule has 0 saturated carbocycles. The van der Waals surface area contributed by atoms with Crippen molar-refractivity contribution < 1.29 is 9.53 Å². The highest BCUT2D eigenvalue weighted by atomic mass is 16.5. The molecule has 0 aliphatic heterocycles. The minimum Gasteiger partial charge on any atom is -0.497 e. The van der Waals surface area contributed by atoms with Crippen molar-refractivity contribution in [1.82, 2.24) is 0 Å². The average molecular weight is 194 g/mol. The molecule has 2 nitrogen and oxygen atoms in total. The lowest BCUT2D eigenvalue weighted by Crippen LogP contribution is -1.93. The smallest absolute Gasteiger partial charge is 0.150 e. The first kappa shape index (κ1) is 12.7. The molecule has 14 heavy (non-hydrogen) atoms. The van der Waals surface area contributed by atoms with Crippen LogP contribution in [0.1, 0.15) is 35.3 Å². The van der Waals surface area contributed by atoms with Gasteiger partial charge in [-0.15, -0.1) is 0 Å². The maximum atomic E-state index is 10.6. The van der Waals surface area contributed by atoms with Gasteiger partial charge in [0.05, 0.1) is 7.11 Å². The zero-order valence-corrected chi connectivity index (χ0v) is 9.55. The van der Waals surface area contributed by atoms with Crippen LogP contribution in [0.5, 0.6) is 5.75 Å². The van der Waals surface area contributed by atoms with Gasteiger partial charge >= 0.3 is 0 Å². The fourth-order valence-electron chi connectivity index (χ4n) is 1.24. The molecule has 0 bridgehead atoms. The number of hydrogen-bond donors (Lipinski definition) is 0. The number of benzene rings is 1. The Hall–Kier alpha value is -1.31. The molecule has 78 valence electrons. The molecule has 0 amide bonds. The van der Waals surface area contributed by atoms with Crippen LogP contribution in [-0.2, 0) is 0 Å². The maximum absolute atomic E-state index is 10.6. The lowest BCUT2D eigenvalue weighted by atomic mass is 10.0. The van der Waals surface area contributed by atoms with E-state index in [1.165, 1.54) is 0 Å². The van der Waals surface area contributed by atoms with Crippen LogP contribution in [-0.4, -0.2) is 13.4 Å². The number of rotatable bonds is 2. The second-order valence-corrected chi connectivity index (χ2v) is 2.79. The van der Waals surface area contributed by atoms with Gasteiger partial charge in [0.25, 0.3) is 0 Å². The van der Waals surface area contributed by atoms with E-state index in [0.717, 1.165) is 28.7 Å². The molecule has 0 fully saturated rings. The van der Waals surface area contributed by atoms with E-state index in [1.54, 1.807) is 7.11 Å². The van der Waals surface area contributed by atoms with Crippen molar-refractivity contribution in [2.75, 3.05) is 7.11 Å². The number of carbonyl (C=O) groups is 1. The number of carbonyl (C=O) groups excluding carboxylic acids is 1. The molecule has 1 aromatic rings. The van der Waals surface area contributed by atoms with Crippen LogP contribution in [0.15, 0.2) is 12.1 Å². The van der Waals surface area contributed by atoms with Gasteiger partial charge in [0.2, 0.25) is 0 Å². The molecule has 0 saturated heterocycles. The third kappa shape index (κ3) is 2.87. The average Bonchev–Trinajstić information content (AvgIpc) is 2.20. The largest absolute Gasteiger partial charge is 0.497 e. The minimum absolute atomic E-state index is 0.760. The molecule has 0 aromatic heterocycles. The molecule has 0 unspecified atom stereocenters. The molecular weight excluding hydrogens is 176 g/mol. The Morgan fingerprint density at radius 1 is 1.14 bits per heavy atom. The number of methoxy groups -OCH3 is 1. The number of aldehydes is 1. The van der Waals surface area contributed by atoms with Crippen molar-refractivity contribution in [2.24, 2.45) is 0 Å². The van der Waals surface area contributed by atoms with Crippen LogP contribution in [0, 0.1) is 13.8 Å². The third-order valence-electron chi connectivity index (χ3n) is 1.92. The van der Waals surface area contributed by atoms with E-state index >= 15 is 0 Å². The summed E-state index contributed by atoms with van der Waals surface area (Å²) in [6, 6.07) is 3.72. The van der Waals surface area contributed by atoms with Crippen molar-refractivity contribution in [1.29, 1.82) is 0 Å². The Balaban J connectivity index is 0.000000791. The van der Waals surface area contributed by atoms with Gasteiger partial charge in [-0.3, -0.25) is 4.79 Å². The van der Waals surface area contributed by atoms with Crippen molar-refractivity contribution >= 4 is 6.29 Å². The normalized spacial score (nSPS) is 8.64. The van der Waals surface area contributed by atoms with E-state index in [0.29, 0.717) is 0 Å². The second kappa shape index (κ2) is 6.19. The molecule has 0 radical (unpaired) electrons. The highest BCUT2D eigenvalue weighted by Crippen LogP contribution is 2.19. The van der Waals surface area contributed by atoms with Gasteiger partial charge in [-0.05, 0) is 37.1 Å². The Kier molecular flexibility index (Phi) is 5.61. The summed E-state index contributed by atoms with van der Waals surface area (Å²) in [6.45, 7) is 7.80. The molecule has 1 aromatic carbocycles. The van der Waals surface area contributed by atoms with Crippen LogP contribution < -0.4 is 4.74 Å². The van der Waals surface area contributed by atoms with Gasteiger partial charge in [-0.25, -0.2) is 0 Å². The topological polar surface area (TPSA) is 26.3 Å². The highest BCUT2D eigenvalue weighted by Gasteiger charge is 2.03. The molecule has 0 heterocycles. The molecular formula is C12H18O2. The van der Waals surface area contributed by atoms with E-state index in [4.69, 9.17) is 4.74 Å². The molecule has 0 aliphatic carbocycles. The van der Waals surface area contributed by atoms with Crippen LogP contribution in [0.25, 0.3) is 0 Å². The van der Waals surface area contributed by atoms with Crippen LogP contribution in [0.3, 0.4) is 0 Å². The lowest BCUT2D eigenvalue weighted by molar-refractivity contribution is 0.112. The first-order valence-electron chi connectivity index (χ1n) is 4.79. The van der Waals surface area contributed by atoms with Gasteiger partial charge < -0.3 is 4.74 Å². The first-order chi connectivity index (χ1) is 6.69. The van der Waals surface area contributed by atoms with Gasteiger partial charge in [-0.1, -0.05) is 13.8 Å². The Morgan fingerprint density at radius 3 is 1.86 bits per heavy atom. The van der Waals surface area contributed by atoms with Crippen molar-refractivity contribution in [3.05, 3.63) is 28.8 Å². The van der Waals surface area contributed by atoms with Crippen molar-refractivity contribution in [3.63, 3.8) is 0 Å².